The third-order valence-corrected chi connectivity index (χ3v) is 4.57. The van der Waals surface area contributed by atoms with Gasteiger partial charge in [-0.05, 0) is 30.4 Å². The highest BCUT2D eigenvalue weighted by Gasteiger charge is 2.26. The van der Waals surface area contributed by atoms with Crippen molar-refractivity contribution in [1.82, 2.24) is 9.55 Å². The predicted octanol–water partition coefficient (Wildman–Crippen LogP) is 3.21. The molecule has 0 fully saturated rings. The molecule has 2 heterocycles. The average Bonchev–Trinajstić information content (AvgIpc) is 3.02. The van der Waals surface area contributed by atoms with E-state index in [4.69, 9.17) is 0 Å². The van der Waals surface area contributed by atoms with Crippen LogP contribution in [0.5, 0.6) is 0 Å². The summed E-state index contributed by atoms with van der Waals surface area (Å²) in [6, 6.07) is 6.27. The van der Waals surface area contributed by atoms with E-state index in [1.54, 1.807) is 0 Å². The summed E-state index contributed by atoms with van der Waals surface area (Å²) in [5.74, 6) is 1.17. The van der Waals surface area contributed by atoms with E-state index >= 15 is 0 Å². The molecule has 116 valence electrons. The smallest absolute Gasteiger partial charge is 0.228 e. The number of para-hydroxylation sites is 1. The minimum absolute atomic E-state index is 0.0181. The molecule has 0 saturated carbocycles. The van der Waals surface area contributed by atoms with E-state index < -0.39 is 0 Å². The molecule has 4 nitrogen and oxygen atoms in total. The van der Waals surface area contributed by atoms with Crippen molar-refractivity contribution in [3.8, 4) is 0 Å². The summed E-state index contributed by atoms with van der Waals surface area (Å²) in [5, 5.41) is 3.20. The summed E-state index contributed by atoms with van der Waals surface area (Å²) < 4.78 is 2.14. The topological polar surface area (TPSA) is 46.9 Å². The molecule has 3 rings (SSSR count). The van der Waals surface area contributed by atoms with Crippen molar-refractivity contribution < 1.29 is 4.79 Å². The van der Waals surface area contributed by atoms with E-state index in [2.05, 4.69) is 46.9 Å². The molecule has 1 aromatic heterocycles. The zero-order chi connectivity index (χ0) is 15.5. The monoisotopic (exact) mass is 297 g/mol. The molecule has 1 aliphatic heterocycles. The number of hydrogen-bond donors (Lipinski definition) is 1. The van der Waals surface area contributed by atoms with Gasteiger partial charge in [0.05, 0.1) is 0 Å². The SMILES string of the molecule is CCc1cccc(CC)c1NC(=O)C1CCn2ccnc2C1. The van der Waals surface area contributed by atoms with Crippen LogP contribution >= 0.6 is 0 Å². The molecule has 1 aromatic carbocycles. The Bertz CT molecular complexity index is 652. The Kier molecular flexibility index (Phi) is 4.27. The van der Waals surface area contributed by atoms with Crippen molar-refractivity contribution in [2.45, 2.75) is 46.1 Å². The molecule has 0 spiro atoms. The first kappa shape index (κ1) is 14.8. The number of carbonyl (C=O) groups excluding carboxylic acids is 1. The van der Waals surface area contributed by atoms with Gasteiger partial charge in [0.15, 0.2) is 0 Å². The van der Waals surface area contributed by atoms with Gasteiger partial charge in [0.2, 0.25) is 5.91 Å². The van der Waals surface area contributed by atoms with E-state index in [-0.39, 0.29) is 11.8 Å². The van der Waals surface area contributed by atoms with E-state index in [1.165, 1.54) is 11.1 Å². The van der Waals surface area contributed by atoms with Crippen molar-refractivity contribution in [1.29, 1.82) is 0 Å². The maximum atomic E-state index is 12.7. The molecule has 22 heavy (non-hydrogen) atoms. The average molecular weight is 297 g/mol. The van der Waals surface area contributed by atoms with Crippen LogP contribution in [0.1, 0.15) is 37.2 Å². The van der Waals surface area contributed by atoms with Crippen LogP contribution in [0, 0.1) is 5.92 Å². The summed E-state index contributed by atoms with van der Waals surface area (Å²) in [5.41, 5.74) is 3.45. The summed E-state index contributed by atoms with van der Waals surface area (Å²) in [7, 11) is 0. The summed E-state index contributed by atoms with van der Waals surface area (Å²) in [6.45, 7) is 5.13. The Morgan fingerprint density at radius 2 is 2.05 bits per heavy atom. The van der Waals surface area contributed by atoms with Crippen LogP contribution < -0.4 is 5.32 Å². The molecule has 1 atom stereocenters. The lowest BCUT2D eigenvalue weighted by Gasteiger charge is -2.24. The minimum Gasteiger partial charge on any atom is -0.335 e. The lowest BCUT2D eigenvalue weighted by Crippen LogP contribution is -2.30. The molecule has 1 unspecified atom stereocenters. The van der Waals surface area contributed by atoms with Crippen molar-refractivity contribution in [2.24, 2.45) is 5.92 Å². The lowest BCUT2D eigenvalue weighted by molar-refractivity contribution is -0.120. The van der Waals surface area contributed by atoms with Crippen molar-refractivity contribution in [3.63, 3.8) is 0 Å². The van der Waals surface area contributed by atoms with Gasteiger partial charge in [-0.3, -0.25) is 4.79 Å². The quantitative estimate of drug-likeness (QED) is 0.942. The number of anilines is 1. The molecule has 0 saturated heterocycles. The van der Waals surface area contributed by atoms with E-state index in [1.807, 2.05) is 12.4 Å². The maximum absolute atomic E-state index is 12.7. The second-order valence-electron chi connectivity index (χ2n) is 5.87. The lowest BCUT2D eigenvalue weighted by atomic mass is 9.95. The summed E-state index contributed by atoms with van der Waals surface area (Å²) in [6.07, 6.45) is 7.28. The number of aromatic nitrogens is 2. The fraction of sp³-hybridized carbons (Fsp3) is 0.444. The fourth-order valence-electron chi connectivity index (χ4n) is 3.20. The number of imidazole rings is 1. The maximum Gasteiger partial charge on any atom is 0.228 e. The Labute approximate surface area is 131 Å². The van der Waals surface area contributed by atoms with Gasteiger partial charge in [-0.25, -0.2) is 4.98 Å². The summed E-state index contributed by atoms with van der Waals surface area (Å²) in [4.78, 5) is 17.0. The highest BCUT2D eigenvalue weighted by molar-refractivity contribution is 5.94. The Hall–Kier alpha value is -2.10. The molecular formula is C18H23N3O. The molecule has 0 aliphatic carbocycles. The first-order valence-electron chi connectivity index (χ1n) is 8.14. The molecule has 1 N–H and O–H groups in total. The van der Waals surface area contributed by atoms with Gasteiger partial charge < -0.3 is 9.88 Å². The molecule has 4 heteroatoms. The van der Waals surface area contributed by atoms with Gasteiger partial charge in [-0.1, -0.05) is 32.0 Å². The second kappa shape index (κ2) is 6.34. The zero-order valence-corrected chi connectivity index (χ0v) is 13.3. The van der Waals surface area contributed by atoms with Crippen molar-refractivity contribution >= 4 is 11.6 Å². The van der Waals surface area contributed by atoms with Gasteiger partial charge in [0, 0.05) is 37.0 Å². The normalized spacial score (nSPS) is 17.1. The highest BCUT2D eigenvalue weighted by Crippen LogP contribution is 2.25. The molecule has 1 amide bonds. The third kappa shape index (κ3) is 2.78. The Balaban J connectivity index is 1.78. The van der Waals surface area contributed by atoms with Crippen LogP contribution in [0.3, 0.4) is 0 Å². The highest BCUT2D eigenvalue weighted by atomic mass is 16.1. The number of amides is 1. The van der Waals surface area contributed by atoms with Crippen LogP contribution in [0.15, 0.2) is 30.6 Å². The van der Waals surface area contributed by atoms with Crippen LogP contribution in [0.25, 0.3) is 0 Å². The number of benzene rings is 1. The van der Waals surface area contributed by atoms with E-state index in [9.17, 15) is 4.79 Å². The number of hydrogen-bond acceptors (Lipinski definition) is 2. The molecule has 2 aromatic rings. The molecule has 1 aliphatic rings. The largest absolute Gasteiger partial charge is 0.335 e. The minimum atomic E-state index is 0.0181. The number of carbonyl (C=O) groups is 1. The number of aryl methyl sites for hydroxylation is 3. The van der Waals surface area contributed by atoms with Crippen LogP contribution in [0.4, 0.5) is 5.69 Å². The summed E-state index contributed by atoms with van der Waals surface area (Å²) >= 11 is 0. The number of fused-ring (bicyclic) bond motifs is 1. The fourth-order valence-corrected chi connectivity index (χ4v) is 3.20. The molecule has 0 radical (unpaired) electrons. The van der Waals surface area contributed by atoms with Crippen molar-refractivity contribution in [2.75, 3.05) is 5.32 Å². The standard InChI is InChI=1S/C18H23N3O/c1-3-13-6-5-7-14(4-2)17(13)20-18(22)15-8-10-21-11-9-19-16(21)12-15/h5-7,9,11,15H,3-4,8,10,12H2,1-2H3,(H,20,22). The van der Waals surface area contributed by atoms with Crippen LogP contribution in [-0.2, 0) is 30.6 Å². The van der Waals surface area contributed by atoms with Gasteiger partial charge >= 0.3 is 0 Å². The van der Waals surface area contributed by atoms with Crippen LogP contribution in [0.2, 0.25) is 0 Å². The first-order chi connectivity index (χ1) is 10.7. The van der Waals surface area contributed by atoms with Crippen molar-refractivity contribution in [3.05, 3.63) is 47.5 Å². The predicted molar refractivity (Wildman–Crippen MR) is 87.9 cm³/mol. The van der Waals surface area contributed by atoms with Crippen LogP contribution in [-0.4, -0.2) is 15.5 Å². The van der Waals surface area contributed by atoms with E-state index in [0.29, 0.717) is 0 Å². The van der Waals surface area contributed by atoms with Gasteiger partial charge in [-0.2, -0.15) is 0 Å². The Morgan fingerprint density at radius 3 is 2.73 bits per heavy atom. The molecular weight excluding hydrogens is 274 g/mol. The number of nitrogens with one attached hydrogen (secondary N) is 1. The van der Waals surface area contributed by atoms with Gasteiger partial charge in [0.25, 0.3) is 0 Å². The van der Waals surface area contributed by atoms with Gasteiger partial charge in [0.1, 0.15) is 5.82 Å². The third-order valence-electron chi connectivity index (χ3n) is 4.57. The molecule has 0 bridgehead atoms. The first-order valence-corrected chi connectivity index (χ1v) is 8.14. The van der Waals surface area contributed by atoms with Gasteiger partial charge in [-0.15, -0.1) is 0 Å². The number of nitrogens with zero attached hydrogens (tertiary/aromatic N) is 2. The zero-order valence-electron chi connectivity index (χ0n) is 13.3. The Morgan fingerprint density at radius 1 is 1.32 bits per heavy atom. The van der Waals surface area contributed by atoms with E-state index in [0.717, 1.165) is 43.7 Å². The number of rotatable bonds is 4. The second-order valence-corrected chi connectivity index (χ2v) is 5.87.